The predicted octanol–water partition coefficient (Wildman–Crippen LogP) is 3.71. The van der Waals surface area contributed by atoms with E-state index in [0.717, 1.165) is 4.90 Å². The van der Waals surface area contributed by atoms with Gasteiger partial charge in [0.15, 0.2) is 14.7 Å². The Morgan fingerprint density at radius 2 is 1.24 bits per heavy atom. The average Bonchev–Trinajstić information content (AvgIpc) is 2.68. The highest BCUT2D eigenvalue weighted by Gasteiger charge is 2.28. The van der Waals surface area contributed by atoms with E-state index in [2.05, 4.69) is 29.6 Å². The number of hydrogen-bond donors (Lipinski definition) is 1. The van der Waals surface area contributed by atoms with Crippen LogP contribution in [0.25, 0.3) is 0 Å². The van der Waals surface area contributed by atoms with Gasteiger partial charge in [-0.2, -0.15) is 0 Å². The van der Waals surface area contributed by atoms with Crippen molar-refractivity contribution < 1.29 is 9.59 Å². The van der Waals surface area contributed by atoms with Crippen LogP contribution in [0.15, 0.2) is 99.6 Å². The van der Waals surface area contributed by atoms with E-state index in [1.807, 2.05) is 48.5 Å². The van der Waals surface area contributed by atoms with Gasteiger partial charge in [-0.3, -0.25) is 4.79 Å². The first-order valence-electron chi connectivity index (χ1n) is 7.96. The minimum Gasteiger partial charge on any atom is -0.345 e. The molecule has 0 spiro atoms. The van der Waals surface area contributed by atoms with E-state index in [1.165, 1.54) is 9.79 Å². The second-order valence-electron chi connectivity index (χ2n) is 5.33. The maximum absolute atomic E-state index is 12.0. The van der Waals surface area contributed by atoms with Gasteiger partial charge in [-0.15, -0.1) is 0 Å². The van der Waals surface area contributed by atoms with Crippen molar-refractivity contribution in [3.63, 3.8) is 0 Å². The van der Waals surface area contributed by atoms with Crippen LogP contribution in [-0.2, 0) is 15.7 Å². The van der Waals surface area contributed by atoms with Gasteiger partial charge in [0.05, 0.1) is 17.4 Å². The largest absolute Gasteiger partial charge is 0.345 e. The van der Waals surface area contributed by atoms with Gasteiger partial charge in [0.2, 0.25) is 0 Å². The van der Waals surface area contributed by atoms with Crippen LogP contribution in [0.1, 0.15) is 10.4 Å². The van der Waals surface area contributed by atoms with Crippen molar-refractivity contribution in [1.29, 1.82) is 0 Å². The van der Waals surface area contributed by atoms with Crippen molar-refractivity contribution in [3.8, 4) is 0 Å². The summed E-state index contributed by atoms with van der Waals surface area (Å²) < 4.78 is 0. The molecule has 0 heterocycles. The maximum Gasteiger partial charge on any atom is 0.251 e. The number of nitrogens with one attached hydrogen (secondary N) is 1. The molecule has 0 saturated carbocycles. The highest BCUT2D eigenvalue weighted by molar-refractivity contribution is 7.97. The second-order valence-corrected chi connectivity index (χ2v) is 7.36. The monoisotopic (exact) mass is 348 g/mol. The number of carbonyl (C=O) groups excluding carboxylic acids is 2. The molecule has 25 heavy (non-hydrogen) atoms. The standard InChI is InChI=1S/C21H17NO2S/c23-16-15-22-21(24)17-11-13-20(14-12-17)25(18-7-3-1-4-8-18)19-9-5-2-6-10-19/h1-14,16H,15H2/p+1. The summed E-state index contributed by atoms with van der Waals surface area (Å²) in [4.78, 5) is 25.9. The maximum atomic E-state index is 12.0. The molecule has 0 aliphatic rings. The first kappa shape index (κ1) is 17.0. The Labute approximate surface area is 150 Å². The molecule has 0 unspecified atom stereocenters. The molecule has 3 aromatic carbocycles. The van der Waals surface area contributed by atoms with Crippen molar-refractivity contribution >= 4 is 23.1 Å². The highest BCUT2D eigenvalue weighted by Crippen LogP contribution is 2.30. The molecule has 3 nitrogen and oxygen atoms in total. The summed E-state index contributed by atoms with van der Waals surface area (Å²) in [5.74, 6) is -0.238. The van der Waals surface area contributed by atoms with Crippen LogP contribution in [-0.4, -0.2) is 18.7 Å². The van der Waals surface area contributed by atoms with Crippen molar-refractivity contribution in [3.05, 3.63) is 90.5 Å². The molecule has 1 amide bonds. The lowest BCUT2D eigenvalue weighted by Gasteiger charge is -2.08. The van der Waals surface area contributed by atoms with Crippen molar-refractivity contribution in [1.82, 2.24) is 5.32 Å². The zero-order chi connectivity index (χ0) is 17.5. The average molecular weight is 348 g/mol. The first-order valence-corrected chi connectivity index (χ1v) is 9.18. The molecule has 3 aromatic rings. The number of hydrogen-bond acceptors (Lipinski definition) is 2. The molecular formula is C21H18NO2S+. The van der Waals surface area contributed by atoms with Crippen LogP contribution in [0.2, 0.25) is 0 Å². The van der Waals surface area contributed by atoms with Crippen LogP contribution < -0.4 is 5.32 Å². The molecule has 0 fully saturated rings. The van der Waals surface area contributed by atoms with E-state index in [4.69, 9.17) is 0 Å². The summed E-state index contributed by atoms with van der Waals surface area (Å²) in [5, 5.41) is 2.56. The Morgan fingerprint density at radius 3 is 1.72 bits per heavy atom. The third-order valence-electron chi connectivity index (χ3n) is 3.66. The Bertz CT molecular complexity index is 793. The fraction of sp³-hybridized carbons (Fsp3) is 0.0476. The molecule has 0 aromatic heterocycles. The minimum atomic E-state index is -0.238. The summed E-state index contributed by atoms with van der Waals surface area (Å²) in [6.07, 6.45) is 0.675. The Morgan fingerprint density at radius 1 is 0.760 bits per heavy atom. The Hall–Kier alpha value is -2.85. The zero-order valence-corrected chi connectivity index (χ0v) is 14.4. The highest BCUT2D eigenvalue weighted by atomic mass is 32.2. The predicted molar refractivity (Wildman–Crippen MR) is 99.9 cm³/mol. The lowest BCUT2D eigenvalue weighted by Crippen LogP contribution is -2.25. The van der Waals surface area contributed by atoms with Crippen molar-refractivity contribution in [2.24, 2.45) is 0 Å². The molecule has 124 valence electrons. The lowest BCUT2D eigenvalue weighted by molar-refractivity contribution is -0.107. The number of amides is 1. The van der Waals surface area contributed by atoms with Gasteiger partial charge < -0.3 is 10.1 Å². The normalized spacial score (nSPS) is 10.4. The summed E-state index contributed by atoms with van der Waals surface area (Å²) in [7, 11) is -0.229. The van der Waals surface area contributed by atoms with Gasteiger partial charge in [-0.05, 0) is 48.5 Å². The molecule has 4 heteroatoms. The van der Waals surface area contributed by atoms with E-state index >= 15 is 0 Å². The third kappa shape index (κ3) is 4.17. The molecule has 0 atom stereocenters. The van der Waals surface area contributed by atoms with Crippen LogP contribution >= 0.6 is 0 Å². The number of rotatable bonds is 6. The molecule has 0 saturated heterocycles. The van der Waals surface area contributed by atoms with Crippen LogP contribution in [0.3, 0.4) is 0 Å². The summed E-state index contributed by atoms with van der Waals surface area (Å²) in [6.45, 7) is 0.0268. The third-order valence-corrected chi connectivity index (χ3v) is 5.89. The molecule has 3 rings (SSSR count). The number of carbonyl (C=O) groups is 2. The molecule has 0 radical (unpaired) electrons. The molecule has 0 aliphatic heterocycles. The van der Waals surface area contributed by atoms with Crippen LogP contribution in [0, 0.1) is 0 Å². The van der Waals surface area contributed by atoms with Gasteiger partial charge >= 0.3 is 0 Å². The summed E-state index contributed by atoms with van der Waals surface area (Å²) >= 11 is 0. The van der Waals surface area contributed by atoms with Crippen LogP contribution in [0.4, 0.5) is 0 Å². The van der Waals surface area contributed by atoms with E-state index < -0.39 is 0 Å². The number of benzene rings is 3. The molecule has 0 aliphatic carbocycles. The van der Waals surface area contributed by atoms with Gasteiger partial charge in [-0.25, -0.2) is 0 Å². The summed E-state index contributed by atoms with van der Waals surface area (Å²) in [6, 6.07) is 28.3. The fourth-order valence-corrected chi connectivity index (χ4v) is 4.58. The first-order chi connectivity index (χ1) is 12.3. The minimum absolute atomic E-state index is 0.0268. The van der Waals surface area contributed by atoms with Crippen molar-refractivity contribution in [2.75, 3.05) is 6.54 Å². The fourth-order valence-electron chi connectivity index (χ4n) is 2.50. The zero-order valence-electron chi connectivity index (χ0n) is 13.6. The van der Waals surface area contributed by atoms with Crippen LogP contribution in [0.5, 0.6) is 0 Å². The van der Waals surface area contributed by atoms with Gasteiger partial charge in [-0.1, -0.05) is 36.4 Å². The van der Waals surface area contributed by atoms with E-state index in [9.17, 15) is 9.59 Å². The smallest absolute Gasteiger partial charge is 0.251 e. The van der Waals surface area contributed by atoms with E-state index in [1.54, 1.807) is 12.1 Å². The Balaban J connectivity index is 1.94. The van der Waals surface area contributed by atoms with Crippen molar-refractivity contribution in [2.45, 2.75) is 14.7 Å². The number of aldehydes is 1. The SMILES string of the molecule is O=CCNC(=O)c1ccc([S+](c2ccccc2)c2ccccc2)cc1. The van der Waals surface area contributed by atoms with Gasteiger partial charge in [0, 0.05) is 5.56 Å². The van der Waals surface area contributed by atoms with Gasteiger partial charge in [0.1, 0.15) is 6.29 Å². The second kappa shape index (κ2) is 8.31. The van der Waals surface area contributed by atoms with Gasteiger partial charge in [0.25, 0.3) is 5.91 Å². The molecule has 0 bridgehead atoms. The Kier molecular flexibility index (Phi) is 5.65. The van der Waals surface area contributed by atoms with E-state index in [0.29, 0.717) is 11.8 Å². The van der Waals surface area contributed by atoms with E-state index in [-0.39, 0.29) is 23.3 Å². The summed E-state index contributed by atoms with van der Waals surface area (Å²) in [5.41, 5.74) is 0.551. The quantitative estimate of drug-likeness (QED) is 0.545. The topological polar surface area (TPSA) is 46.2 Å². The molecular weight excluding hydrogens is 330 g/mol. The lowest BCUT2D eigenvalue weighted by atomic mass is 10.2. The molecule has 1 N–H and O–H groups in total.